The van der Waals surface area contributed by atoms with Crippen molar-refractivity contribution in [3.63, 3.8) is 0 Å². The van der Waals surface area contributed by atoms with Crippen LogP contribution >= 0.6 is 23.2 Å². The van der Waals surface area contributed by atoms with E-state index >= 15 is 0 Å². The van der Waals surface area contributed by atoms with Crippen molar-refractivity contribution in [2.45, 2.75) is 13.8 Å². The quantitative estimate of drug-likeness (QED) is 0.362. The number of hydrogen-bond donors (Lipinski definition) is 3. The number of methoxy groups -OCH3 is 1. The van der Waals surface area contributed by atoms with Gasteiger partial charge in [-0.2, -0.15) is 4.99 Å². The fraction of sp³-hybridized carbons (Fsp3) is 0.143. The summed E-state index contributed by atoms with van der Waals surface area (Å²) in [6, 6.07) is 13.2. The summed E-state index contributed by atoms with van der Waals surface area (Å²) in [5, 5.41) is 9.11. The van der Waals surface area contributed by atoms with Gasteiger partial charge in [0.15, 0.2) is 0 Å². The highest BCUT2D eigenvalue weighted by Gasteiger charge is 2.10. The number of anilines is 2. The Labute approximate surface area is 189 Å². The van der Waals surface area contributed by atoms with Gasteiger partial charge in [0.05, 0.1) is 17.2 Å². The lowest BCUT2D eigenvalue weighted by Crippen LogP contribution is -2.38. The van der Waals surface area contributed by atoms with Gasteiger partial charge in [0.1, 0.15) is 5.75 Å². The second kappa shape index (κ2) is 10.1. The van der Waals surface area contributed by atoms with Crippen molar-refractivity contribution in [2.24, 2.45) is 4.99 Å². The van der Waals surface area contributed by atoms with Gasteiger partial charge >= 0.3 is 6.03 Å². The zero-order valence-corrected chi connectivity index (χ0v) is 18.5. The number of guanidine groups is 1. The summed E-state index contributed by atoms with van der Waals surface area (Å²) in [4.78, 5) is 25.5. The van der Waals surface area contributed by atoms with E-state index < -0.39 is 6.03 Å². The standard InChI is InChI=1S/C21H20Cl2N6O2/c1-12-9-13(2)25-19(24-12)28-20(26-14-5-4-6-16(10-14)31-3)29-21(30)27-15-7-8-17(22)18(23)11-15/h4-11H,1-3H3,(H3,24,25,26,27,28,29,30). The molecule has 0 saturated heterocycles. The molecule has 8 nitrogen and oxygen atoms in total. The van der Waals surface area contributed by atoms with E-state index in [4.69, 9.17) is 27.9 Å². The van der Waals surface area contributed by atoms with E-state index in [-0.39, 0.29) is 11.9 Å². The average Bonchev–Trinajstić information content (AvgIpc) is 2.70. The van der Waals surface area contributed by atoms with Crippen LogP contribution in [0.15, 0.2) is 53.5 Å². The minimum absolute atomic E-state index is 0.121. The Hall–Kier alpha value is -3.36. The highest BCUT2D eigenvalue weighted by Crippen LogP contribution is 2.25. The molecule has 0 aliphatic rings. The molecule has 0 atom stereocenters. The van der Waals surface area contributed by atoms with Crippen LogP contribution in [0, 0.1) is 13.8 Å². The van der Waals surface area contributed by atoms with Crippen LogP contribution in [0.5, 0.6) is 5.75 Å². The summed E-state index contributed by atoms with van der Waals surface area (Å²) in [7, 11) is 1.57. The molecule has 0 radical (unpaired) electrons. The van der Waals surface area contributed by atoms with E-state index in [1.54, 1.807) is 43.5 Å². The molecule has 0 spiro atoms. The Bertz CT molecular complexity index is 1120. The van der Waals surface area contributed by atoms with Gasteiger partial charge in [0, 0.05) is 28.8 Å². The highest BCUT2D eigenvalue weighted by atomic mass is 35.5. The first-order valence-electron chi connectivity index (χ1n) is 9.17. The van der Waals surface area contributed by atoms with Gasteiger partial charge in [-0.15, -0.1) is 0 Å². The van der Waals surface area contributed by atoms with Crippen LogP contribution in [-0.4, -0.2) is 29.1 Å². The van der Waals surface area contributed by atoms with Crippen molar-refractivity contribution in [2.75, 3.05) is 17.7 Å². The van der Waals surface area contributed by atoms with Crippen LogP contribution in [0.25, 0.3) is 0 Å². The summed E-state index contributed by atoms with van der Waals surface area (Å²) < 4.78 is 5.24. The molecular formula is C21H20Cl2N6O2. The lowest BCUT2D eigenvalue weighted by Gasteiger charge is -2.13. The first-order chi connectivity index (χ1) is 14.8. The predicted molar refractivity (Wildman–Crippen MR) is 124 cm³/mol. The zero-order valence-electron chi connectivity index (χ0n) is 17.0. The van der Waals surface area contributed by atoms with Crippen LogP contribution in [0.2, 0.25) is 10.0 Å². The number of aryl methyl sites for hydroxylation is 2. The molecule has 0 aliphatic heterocycles. The number of carbonyl (C=O) groups is 1. The number of nitrogens with zero attached hydrogens (tertiary/aromatic N) is 3. The monoisotopic (exact) mass is 458 g/mol. The number of benzene rings is 2. The zero-order chi connectivity index (χ0) is 22.4. The first kappa shape index (κ1) is 22.3. The largest absolute Gasteiger partial charge is 0.497 e. The average molecular weight is 459 g/mol. The lowest BCUT2D eigenvalue weighted by molar-refractivity contribution is 0.256. The molecule has 0 saturated carbocycles. The molecule has 0 bridgehead atoms. The third-order valence-electron chi connectivity index (χ3n) is 3.92. The van der Waals surface area contributed by atoms with Crippen molar-refractivity contribution in [1.29, 1.82) is 0 Å². The van der Waals surface area contributed by atoms with Crippen LogP contribution in [0.3, 0.4) is 0 Å². The van der Waals surface area contributed by atoms with Gasteiger partial charge in [-0.05, 0) is 50.2 Å². The number of aromatic nitrogens is 2. The SMILES string of the molecule is COc1cccc(N/C(=N/c2nc(C)cc(C)n2)NC(=O)Nc2ccc(Cl)c(Cl)c2)c1. The van der Waals surface area contributed by atoms with Crippen LogP contribution in [0.4, 0.5) is 22.1 Å². The summed E-state index contributed by atoms with van der Waals surface area (Å²) in [5.41, 5.74) is 2.63. The molecule has 3 rings (SSSR count). The molecule has 31 heavy (non-hydrogen) atoms. The number of hydrogen-bond acceptors (Lipinski definition) is 5. The van der Waals surface area contributed by atoms with Gasteiger partial charge in [0.2, 0.25) is 5.96 Å². The minimum Gasteiger partial charge on any atom is -0.497 e. The fourth-order valence-corrected chi connectivity index (χ4v) is 2.92. The number of halogens is 2. The molecule has 3 aromatic rings. The van der Waals surface area contributed by atoms with E-state index in [9.17, 15) is 4.79 Å². The normalized spacial score (nSPS) is 11.1. The number of urea groups is 1. The Morgan fingerprint density at radius 3 is 2.32 bits per heavy atom. The number of aliphatic imine (C=N–C) groups is 1. The lowest BCUT2D eigenvalue weighted by atomic mass is 10.3. The second-order valence-corrected chi connectivity index (χ2v) is 7.29. The number of amides is 2. The van der Waals surface area contributed by atoms with Crippen LogP contribution in [-0.2, 0) is 0 Å². The van der Waals surface area contributed by atoms with Crippen LogP contribution < -0.4 is 20.7 Å². The number of carbonyl (C=O) groups excluding carboxylic acids is 1. The maximum Gasteiger partial charge on any atom is 0.326 e. The summed E-state index contributed by atoms with van der Waals surface area (Å²) in [6.45, 7) is 3.68. The second-order valence-electron chi connectivity index (χ2n) is 6.48. The smallest absolute Gasteiger partial charge is 0.326 e. The Kier molecular flexibility index (Phi) is 7.28. The maximum absolute atomic E-state index is 12.6. The van der Waals surface area contributed by atoms with Crippen molar-refractivity contribution in [3.05, 3.63) is 70.0 Å². The summed E-state index contributed by atoms with van der Waals surface area (Å²) in [6.07, 6.45) is 0. The molecule has 160 valence electrons. The van der Waals surface area contributed by atoms with Crippen molar-refractivity contribution < 1.29 is 9.53 Å². The van der Waals surface area contributed by atoms with Gasteiger partial charge in [0.25, 0.3) is 5.95 Å². The van der Waals surface area contributed by atoms with E-state index in [1.165, 1.54) is 0 Å². The summed E-state index contributed by atoms with van der Waals surface area (Å²) >= 11 is 11.9. The Morgan fingerprint density at radius 1 is 0.935 bits per heavy atom. The predicted octanol–water partition coefficient (Wildman–Crippen LogP) is 5.33. The third-order valence-corrected chi connectivity index (χ3v) is 4.66. The van der Waals surface area contributed by atoms with Crippen LogP contribution in [0.1, 0.15) is 11.4 Å². The Morgan fingerprint density at radius 2 is 1.65 bits per heavy atom. The maximum atomic E-state index is 12.6. The molecule has 10 heteroatoms. The molecule has 0 aliphatic carbocycles. The fourth-order valence-electron chi connectivity index (χ4n) is 2.63. The van der Waals surface area contributed by atoms with Gasteiger partial charge in [-0.1, -0.05) is 29.3 Å². The highest BCUT2D eigenvalue weighted by molar-refractivity contribution is 6.42. The molecule has 0 fully saturated rings. The van der Waals surface area contributed by atoms with Gasteiger partial charge < -0.3 is 15.4 Å². The molecule has 1 aromatic heterocycles. The van der Waals surface area contributed by atoms with E-state index in [1.807, 2.05) is 26.0 Å². The number of ether oxygens (including phenoxy) is 1. The minimum atomic E-state index is -0.545. The first-order valence-corrected chi connectivity index (χ1v) is 9.93. The molecule has 2 aromatic carbocycles. The topological polar surface area (TPSA) is 101 Å². The number of rotatable bonds is 4. The van der Waals surface area contributed by atoms with Crippen molar-refractivity contribution in [3.8, 4) is 5.75 Å². The van der Waals surface area contributed by atoms with Crippen molar-refractivity contribution >= 4 is 52.5 Å². The van der Waals surface area contributed by atoms with Gasteiger partial charge in [-0.25, -0.2) is 14.8 Å². The molecule has 3 N–H and O–H groups in total. The van der Waals surface area contributed by atoms with Gasteiger partial charge in [-0.3, -0.25) is 5.32 Å². The molecule has 1 heterocycles. The Balaban J connectivity index is 1.85. The van der Waals surface area contributed by atoms with E-state index in [0.717, 1.165) is 11.4 Å². The summed E-state index contributed by atoms with van der Waals surface area (Å²) in [5.74, 6) is 0.973. The molecule has 0 unspecified atom stereocenters. The third kappa shape index (κ3) is 6.56. The number of nitrogens with one attached hydrogen (secondary N) is 3. The molecular weight excluding hydrogens is 439 g/mol. The van der Waals surface area contributed by atoms with Crippen molar-refractivity contribution in [1.82, 2.24) is 15.3 Å². The van der Waals surface area contributed by atoms with E-state index in [0.29, 0.717) is 27.2 Å². The molecule has 2 amide bonds. The van der Waals surface area contributed by atoms with E-state index in [2.05, 4.69) is 30.9 Å².